The quantitative estimate of drug-likeness (QED) is 0.596. The number of hydrogen-bond donors (Lipinski definition) is 2. The van der Waals surface area contributed by atoms with E-state index in [1.54, 1.807) is 25.5 Å². The lowest BCUT2D eigenvalue weighted by Crippen LogP contribution is -2.47. The lowest BCUT2D eigenvalue weighted by atomic mass is 10.0. The number of amides is 1. The molecular formula is C22H31ClFN7O3. The number of nitrogens with one attached hydrogen (secondary N) is 2. The van der Waals surface area contributed by atoms with Gasteiger partial charge in [0.15, 0.2) is 5.82 Å². The lowest BCUT2D eigenvalue weighted by molar-refractivity contribution is 0.00550. The minimum atomic E-state index is -1.32. The molecule has 2 aromatic rings. The van der Waals surface area contributed by atoms with Crippen molar-refractivity contribution in [3.05, 3.63) is 16.9 Å². The maximum absolute atomic E-state index is 15.3. The van der Waals surface area contributed by atoms with Crippen LogP contribution in [0.3, 0.4) is 0 Å². The Morgan fingerprint density at radius 1 is 1.35 bits per heavy atom. The molecule has 0 spiro atoms. The van der Waals surface area contributed by atoms with Crippen molar-refractivity contribution in [3.8, 4) is 5.88 Å². The average Bonchev–Trinajstić information content (AvgIpc) is 3.03. The fraction of sp³-hybridized carbons (Fsp3) is 0.636. The van der Waals surface area contributed by atoms with Gasteiger partial charge in [0.25, 0.3) is 5.88 Å². The van der Waals surface area contributed by atoms with Gasteiger partial charge in [-0.2, -0.15) is 4.98 Å². The van der Waals surface area contributed by atoms with Gasteiger partial charge in [0, 0.05) is 19.0 Å². The zero-order valence-corrected chi connectivity index (χ0v) is 20.8. The summed E-state index contributed by atoms with van der Waals surface area (Å²) in [7, 11) is 0. The average molecular weight is 496 g/mol. The van der Waals surface area contributed by atoms with Crippen molar-refractivity contribution in [2.45, 2.75) is 71.3 Å². The van der Waals surface area contributed by atoms with Crippen LogP contribution in [0.15, 0.2) is 6.20 Å². The van der Waals surface area contributed by atoms with Crippen molar-refractivity contribution < 1.29 is 18.7 Å². The molecule has 2 unspecified atom stereocenters. The van der Waals surface area contributed by atoms with E-state index < -0.39 is 23.9 Å². The minimum absolute atomic E-state index is 0.0531. The molecule has 186 valence electrons. The summed E-state index contributed by atoms with van der Waals surface area (Å²) in [5.74, 6) is 1.21. The first-order valence-corrected chi connectivity index (χ1v) is 11.8. The molecule has 0 saturated carbocycles. The van der Waals surface area contributed by atoms with Gasteiger partial charge in [0.05, 0.1) is 31.1 Å². The molecule has 2 aliphatic heterocycles. The number of carbonyl (C=O) groups excluding carboxylic acids is 1. The van der Waals surface area contributed by atoms with Crippen LogP contribution in [0.1, 0.15) is 52.3 Å². The van der Waals surface area contributed by atoms with E-state index in [9.17, 15) is 4.79 Å². The van der Waals surface area contributed by atoms with E-state index in [2.05, 4.69) is 25.7 Å². The van der Waals surface area contributed by atoms with Gasteiger partial charge >= 0.3 is 6.09 Å². The van der Waals surface area contributed by atoms with Gasteiger partial charge in [0.1, 0.15) is 22.5 Å². The topological polar surface area (TPSA) is 106 Å². The summed E-state index contributed by atoms with van der Waals surface area (Å²) in [5, 5.41) is 11.4. The second-order valence-corrected chi connectivity index (χ2v) is 10.1. The van der Waals surface area contributed by atoms with E-state index in [4.69, 9.17) is 21.1 Å². The maximum Gasteiger partial charge on any atom is 0.410 e. The zero-order valence-electron chi connectivity index (χ0n) is 20.1. The van der Waals surface area contributed by atoms with Crippen LogP contribution in [-0.4, -0.2) is 68.3 Å². The molecule has 0 aromatic carbocycles. The van der Waals surface area contributed by atoms with Crippen molar-refractivity contribution in [1.82, 2.24) is 24.6 Å². The molecule has 10 nitrogen and oxygen atoms in total. The highest BCUT2D eigenvalue weighted by molar-refractivity contribution is 6.32. The largest absolute Gasteiger partial charge is 0.475 e. The zero-order chi connectivity index (χ0) is 24.6. The fourth-order valence-corrected chi connectivity index (χ4v) is 4.14. The molecule has 2 aromatic heterocycles. The predicted molar refractivity (Wildman–Crippen MR) is 127 cm³/mol. The summed E-state index contributed by atoms with van der Waals surface area (Å²) in [5.41, 5.74) is 0.628. The number of likely N-dealkylation sites (tertiary alicyclic amines) is 1. The molecule has 1 saturated heterocycles. The summed E-state index contributed by atoms with van der Waals surface area (Å²) in [6.07, 6.45) is 0.770. The lowest BCUT2D eigenvalue weighted by Gasteiger charge is -2.36. The number of rotatable bonds is 1. The molecule has 0 aliphatic carbocycles. The monoisotopic (exact) mass is 495 g/mol. The van der Waals surface area contributed by atoms with E-state index >= 15 is 4.39 Å². The van der Waals surface area contributed by atoms with E-state index in [-0.39, 0.29) is 12.6 Å². The van der Waals surface area contributed by atoms with Gasteiger partial charge in [-0.05, 0) is 41.0 Å². The fourth-order valence-electron chi connectivity index (χ4n) is 4.00. The first-order valence-electron chi connectivity index (χ1n) is 11.4. The molecule has 0 radical (unpaired) electrons. The van der Waals surface area contributed by atoms with E-state index in [0.717, 1.165) is 0 Å². The van der Waals surface area contributed by atoms with E-state index in [1.807, 2.05) is 13.8 Å². The van der Waals surface area contributed by atoms with Crippen LogP contribution in [0.4, 0.5) is 26.6 Å². The molecule has 1 amide bonds. The number of piperidine rings is 1. The Morgan fingerprint density at radius 2 is 2.12 bits per heavy atom. The molecule has 1 fully saturated rings. The summed E-state index contributed by atoms with van der Waals surface area (Å²) >= 11 is 6.24. The Morgan fingerprint density at radius 3 is 2.82 bits per heavy atom. The molecule has 2 bridgehead atoms. The van der Waals surface area contributed by atoms with Gasteiger partial charge in [-0.25, -0.2) is 14.2 Å². The molecular weight excluding hydrogens is 465 g/mol. The number of carbonyl (C=O) groups is 1. The number of halogens is 2. The Kier molecular flexibility index (Phi) is 6.75. The van der Waals surface area contributed by atoms with Crippen molar-refractivity contribution in [2.75, 3.05) is 30.3 Å². The third-order valence-electron chi connectivity index (χ3n) is 5.74. The highest BCUT2D eigenvalue weighted by Gasteiger charge is 2.37. The number of ether oxygens (including phenoxy) is 2. The molecule has 4 heterocycles. The van der Waals surface area contributed by atoms with Crippen LogP contribution in [0.25, 0.3) is 0 Å². The summed E-state index contributed by atoms with van der Waals surface area (Å²) < 4.78 is 28.3. The number of aromatic nitrogens is 4. The molecule has 4 rings (SSSR count). The maximum atomic E-state index is 15.3. The SMILES string of the molecule is Cc1c2c(nn1C1CCN(C(=O)OC(C)(C)C)CC1F)OCC[C@@H](C)Nc1nc(ncc1Cl)N2. The van der Waals surface area contributed by atoms with Crippen molar-refractivity contribution in [1.29, 1.82) is 0 Å². The van der Waals surface area contributed by atoms with Gasteiger partial charge in [-0.1, -0.05) is 11.6 Å². The van der Waals surface area contributed by atoms with Gasteiger partial charge < -0.3 is 25.0 Å². The Bertz CT molecular complexity index is 1060. The molecule has 34 heavy (non-hydrogen) atoms. The summed E-state index contributed by atoms with van der Waals surface area (Å²) in [6.45, 7) is 9.91. The first-order chi connectivity index (χ1) is 16.0. The van der Waals surface area contributed by atoms with Crippen molar-refractivity contribution in [3.63, 3.8) is 0 Å². The van der Waals surface area contributed by atoms with Crippen LogP contribution < -0.4 is 15.4 Å². The molecule has 2 aliphatic rings. The van der Waals surface area contributed by atoms with Crippen LogP contribution in [0, 0.1) is 6.92 Å². The third-order valence-corrected chi connectivity index (χ3v) is 6.02. The van der Waals surface area contributed by atoms with Crippen LogP contribution >= 0.6 is 11.6 Å². The third kappa shape index (κ3) is 5.29. The second-order valence-electron chi connectivity index (χ2n) is 9.71. The van der Waals surface area contributed by atoms with Crippen molar-refractivity contribution in [2.24, 2.45) is 0 Å². The Labute approximate surface area is 203 Å². The first kappa shape index (κ1) is 24.3. The minimum Gasteiger partial charge on any atom is -0.475 e. The Balaban J connectivity index is 1.58. The molecule has 12 heteroatoms. The molecule has 2 N–H and O–H groups in total. The van der Waals surface area contributed by atoms with Gasteiger partial charge in [-0.3, -0.25) is 4.68 Å². The molecule has 3 atom stereocenters. The van der Waals surface area contributed by atoms with E-state index in [0.29, 0.717) is 60.0 Å². The number of nitrogens with zero attached hydrogens (tertiary/aromatic N) is 5. The standard InChI is InChI=1S/C22H31ClFN7O3/c1-12-7-9-33-19-17(27-20-25-10-14(23)18(26-12)28-20)13(2)31(29-19)16-6-8-30(11-15(16)24)21(32)34-22(3,4)5/h10,12,15-16H,6-9,11H2,1-5H3,(H2,25,26,27,28)/t12-,15?,16?/m1/s1. The number of anilines is 3. The van der Waals surface area contributed by atoms with Crippen molar-refractivity contribution >= 4 is 35.1 Å². The smallest absolute Gasteiger partial charge is 0.410 e. The van der Waals surface area contributed by atoms with Gasteiger partial charge in [0.2, 0.25) is 5.95 Å². The highest BCUT2D eigenvalue weighted by atomic mass is 35.5. The number of hydrogen-bond acceptors (Lipinski definition) is 8. The predicted octanol–water partition coefficient (Wildman–Crippen LogP) is 4.48. The van der Waals surface area contributed by atoms with Crippen LogP contribution in [-0.2, 0) is 4.74 Å². The van der Waals surface area contributed by atoms with Gasteiger partial charge in [-0.15, -0.1) is 5.10 Å². The second kappa shape index (κ2) is 9.44. The Hall–Kier alpha value is -2.82. The van der Waals surface area contributed by atoms with E-state index in [1.165, 1.54) is 11.1 Å². The summed E-state index contributed by atoms with van der Waals surface area (Å²) in [6, 6.07) is -0.496. The van der Waals surface area contributed by atoms with Crippen LogP contribution in [0.2, 0.25) is 5.02 Å². The van der Waals surface area contributed by atoms with Crippen LogP contribution in [0.5, 0.6) is 5.88 Å². The highest BCUT2D eigenvalue weighted by Crippen LogP contribution is 2.36. The number of alkyl halides is 1. The number of fused-ring (bicyclic) bond motifs is 3. The normalized spacial score (nSPS) is 23.0. The summed E-state index contributed by atoms with van der Waals surface area (Å²) in [4.78, 5) is 22.5.